The second-order valence-electron chi connectivity index (χ2n) is 16.6. The number of fused-ring (bicyclic) bond motifs is 2. The molecule has 6 aromatic rings. The minimum Gasteiger partial charge on any atom is -0.321 e. The molecular formula is C46H46Cl2F6N8O2. The third kappa shape index (κ3) is 9.35. The number of rotatable bonds is 10. The summed E-state index contributed by atoms with van der Waals surface area (Å²) >= 11 is 12.0. The minimum atomic E-state index is -4.58. The zero-order chi connectivity index (χ0) is 46.4. The van der Waals surface area contributed by atoms with Crippen molar-refractivity contribution < 1.29 is 35.9 Å². The van der Waals surface area contributed by atoms with Gasteiger partial charge in [-0.15, -0.1) is 0 Å². The van der Waals surface area contributed by atoms with E-state index in [1.807, 2.05) is 52.0 Å². The molecule has 2 unspecified atom stereocenters. The van der Waals surface area contributed by atoms with E-state index in [-0.39, 0.29) is 65.7 Å². The van der Waals surface area contributed by atoms with Gasteiger partial charge in [0.05, 0.1) is 58.6 Å². The first-order valence-electron chi connectivity index (χ1n) is 20.8. The molecule has 2 aliphatic heterocycles. The van der Waals surface area contributed by atoms with Crippen LogP contribution in [-0.2, 0) is 41.2 Å². The van der Waals surface area contributed by atoms with E-state index in [1.165, 1.54) is 29.1 Å². The molecule has 338 valence electrons. The van der Waals surface area contributed by atoms with E-state index in [0.717, 1.165) is 33.9 Å². The summed E-state index contributed by atoms with van der Waals surface area (Å²) in [6, 6.07) is 13.1. The highest BCUT2D eigenvalue weighted by Gasteiger charge is 2.42. The van der Waals surface area contributed by atoms with Crippen molar-refractivity contribution in [3.8, 4) is 11.4 Å². The third-order valence-corrected chi connectivity index (χ3v) is 12.0. The number of imidazole rings is 2. The number of alkyl halides is 6. The average molecular weight is 928 g/mol. The van der Waals surface area contributed by atoms with Gasteiger partial charge in [0.2, 0.25) is 0 Å². The lowest BCUT2D eigenvalue weighted by molar-refractivity contribution is -0.142. The molecular weight excluding hydrogens is 881 g/mol. The van der Waals surface area contributed by atoms with Gasteiger partial charge < -0.3 is 9.13 Å². The van der Waals surface area contributed by atoms with Crippen LogP contribution in [0.1, 0.15) is 128 Å². The van der Waals surface area contributed by atoms with Crippen molar-refractivity contribution in [2.45, 2.75) is 116 Å². The van der Waals surface area contributed by atoms with Crippen molar-refractivity contribution in [3.63, 3.8) is 0 Å². The van der Waals surface area contributed by atoms with Gasteiger partial charge in [-0.25, -0.2) is 19.3 Å². The Kier molecular flexibility index (Phi) is 13.2. The zero-order valence-corrected chi connectivity index (χ0v) is 37.4. The second-order valence-corrected chi connectivity index (χ2v) is 17.5. The second kappa shape index (κ2) is 18.2. The molecule has 0 saturated carbocycles. The van der Waals surface area contributed by atoms with Crippen LogP contribution in [-0.4, -0.2) is 50.2 Å². The Bertz CT molecular complexity index is 2700. The molecule has 0 aliphatic carbocycles. The Labute approximate surface area is 375 Å². The smallest absolute Gasteiger partial charge is 0.321 e. The largest absolute Gasteiger partial charge is 0.435 e. The molecule has 4 aromatic heterocycles. The van der Waals surface area contributed by atoms with Gasteiger partial charge in [0.15, 0.2) is 23.0 Å². The van der Waals surface area contributed by atoms with E-state index in [2.05, 4.69) is 20.2 Å². The molecule has 0 amide bonds. The summed E-state index contributed by atoms with van der Waals surface area (Å²) < 4.78 is 86.9. The van der Waals surface area contributed by atoms with Gasteiger partial charge in [-0.1, -0.05) is 57.0 Å². The van der Waals surface area contributed by atoms with Crippen LogP contribution in [0.3, 0.4) is 0 Å². The quantitative estimate of drug-likeness (QED) is 0.127. The number of hydrogen-bond acceptors (Lipinski definition) is 6. The van der Waals surface area contributed by atoms with Crippen LogP contribution >= 0.6 is 23.2 Å². The molecule has 0 radical (unpaired) electrons. The summed E-state index contributed by atoms with van der Waals surface area (Å²) in [6.45, 7) is 11.1. The minimum absolute atomic E-state index is 0.0675. The maximum Gasteiger partial charge on any atom is 0.435 e. The van der Waals surface area contributed by atoms with Crippen LogP contribution in [0.4, 0.5) is 26.3 Å². The van der Waals surface area contributed by atoms with Gasteiger partial charge in [0, 0.05) is 34.0 Å². The van der Waals surface area contributed by atoms with Crippen molar-refractivity contribution in [2.75, 3.05) is 0 Å². The predicted molar refractivity (Wildman–Crippen MR) is 231 cm³/mol. The number of aromatic nitrogens is 8. The normalized spacial score (nSPS) is 16.2. The van der Waals surface area contributed by atoms with Crippen molar-refractivity contribution in [3.05, 3.63) is 134 Å². The third-order valence-electron chi connectivity index (χ3n) is 11.5. The predicted octanol–water partition coefficient (Wildman–Crippen LogP) is 11.8. The van der Waals surface area contributed by atoms with E-state index >= 15 is 0 Å². The molecule has 0 N–H and O–H groups in total. The summed E-state index contributed by atoms with van der Waals surface area (Å²) in [6.07, 6.45) is -0.993. The van der Waals surface area contributed by atoms with Gasteiger partial charge in [-0.05, 0) is 106 Å². The van der Waals surface area contributed by atoms with Crippen LogP contribution in [0, 0.1) is 13.8 Å². The van der Waals surface area contributed by atoms with Gasteiger partial charge in [0.25, 0.3) is 0 Å². The number of benzene rings is 2. The molecule has 2 aromatic carbocycles. The molecule has 0 saturated heterocycles. The van der Waals surface area contributed by atoms with Crippen molar-refractivity contribution in [2.24, 2.45) is 0 Å². The van der Waals surface area contributed by atoms with E-state index in [9.17, 15) is 35.9 Å². The van der Waals surface area contributed by atoms with Crippen molar-refractivity contribution >= 4 is 40.8 Å². The molecule has 0 spiro atoms. The Hall–Kier alpha value is -5.48. The van der Waals surface area contributed by atoms with Crippen LogP contribution in [0.5, 0.6) is 0 Å². The molecule has 18 heteroatoms. The number of nitrogens with zero attached hydrogens (tertiary/aromatic N) is 8. The lowest BCUT2D eigenvalue weighted by Gasteiger charge is -2.26. The highest BCUT2D eigenvalue weighted by atomic mass is 35.5. The van der Waals surface area contributed by atoms with Gasteiger partial charge >= 0.3 is 12.4 Å². The molecule has 2 atom stereocenters. The van der Waals surface area contributed by atoms with Gasteiger partial charge in [-0.2, -0.15) is 36.5 Å². The lowest BCUT2D eigenvalue weighted by Crippen LogP contribution is -2.28. The Balaban J connectivity index is 0.000000191. The molecule has 2 aliphatic rings. The Morgan fingerprint density at radius 1 is 0.688 bits per heavy atom. The zero-order valence-electron chi connectivity index (χ0n) is 35.9. The van der Waals surface area contributed by atoms with Crippen LogP contribution in [0.2, 0.25) is 10.0 Å². The lowest BCUT2D eigenvalue weighted by atomic mass is 9.93. The fraction of sp³-hybridized carbons (Fsp3) is 0.391. The van der Waals surface area contributed by atoms with E-state index in [0.29, 0.717) is 29.3 Å². The number of carbonyl (C=O) groups is 2. The Morgan fingerprint density at radius 3 is 1.61 bits per heavy atom. The maximum atomic E-state index is 13.4. The summed E-state index contributed by atoms with van der Waals surface area (Å²) in [5, 5.41) is 10.2. The van der Waals surface area contributed by atoms with Gasteiger partial charge in [0.1, 0.15) is 11.6 Å². The molecule has 8 rings (SSSR count). The molecule has 10 nitrogen and oxygen atoms in total. The highest BCUT2D eigenvalue weighted by molar-refractivity contribution is 6.30. The number of ketones is 2. The first kappa shape index (κ1) is 46.5. The Morgan fingerprint density at radius 2 is 1.14 bits per heavy atom. The summed E-state index contributed by atoms with van der Waals surface area (Å²) in [5.41, 5.74) is 3.18. The first-order chi connectivity index (χ1) is 30.1. The summed E-state index contributed by atoms with van der Waals surface area (Å²) in [7, 11) is 0. The summed E-state index contributed by atoms with van der Waals surface area (Å²) in [5.74, 6) is 0.261. The van der Waals surface area contributed by atoms with Crippen LogP contribution in [0.25, 0.3) is 17.5 Å². The maximum absolute atomic E-state index is 13.4. The highest BCUT2D eigenvalue weighted by Crippen LogP contribution is 2.40. The number of carbonyl (C=O) groups excluding carboxylic acids is 2. The monoisotopic (exact) mass is 926 g/mol. The number of halogens is 8. The number of hydrogen-bond donors (Lipinski definition) is 0. The number of Topliss-reactive ketones (excluding diaryl/α,β-unsaturated/α-hetero) is 2. The molecule has 64 heavy (non-hydrogen) atoms. The molecule has 0 bridgehead atoms. The first-order valence-corrected chi connectivity index (χ1v) is 21.6. The number of allylic oxidation sites excluding steroid dienone is 1. The topological polar surface area (TPSA) is 105 Å². The SMILES string of the molecule is Cc1nc(C(F)(F)F)c2n1C(C(=O)Cc1cnn(-c3ccc(Cl)cc3)c1C(C)C)CC=C2.Cc1nc(C(F)(F)F)c2n1C(C(=O)Cc1cnn(-c3ccc(Cl)cc3)c1C(C)C)CCC2. The van der Waals surface area contributed by atoms with Crippen LogP contribution in [0.15, 0.2) is 67.0 Å². The molecule has 6 heterocycles. The average Bonchev–Trinajstić information content (AvgIpc) is 4.02. The van der Waals surface area contributed by atoms with Crippen LogP contribution < -0.4 is 0 Å². The fourth-order valence-corrected chi connectivity index (χ4v) is 9.10. The van der Waals surface area contributed by atoms with Gasteiger partial charge in [-0.3, -0.25) is 9.59 Å². The van der Waals surface area contributed by atoms with E-state index in [4.69, 9.17) is 23.2 Å². The molecule has 0 fully saturated rings. The summed E-state index contributed by atoms with van der Waals surface area (Å²) in [4.78, 5) is 34.1. The van der Waals surface area contributed by atoms with Crippen molar-refractivity contribution in [1.29, 1.82) is 0 Å². The number of aryl methyl sites for hydroxylation is 2. The fourth-order valence-electron chi connectivity index (χ4n) is 8.85. The van der Waals surface area contributed by atoms with Crippen molar-refractivity contribution in [1.82, 2.24) is 38.7 Å². The van der Waals surface area contributed by atoms with E-state index in [1.54, 1.807) is 52.1 Å². The van der Waals surface area contributed by atoms with E-state index < -0.39 is 35.8 Å². The standard InChI is InChI=1S/C23H24ClF3N4O.C23H22ClF3N4O/c2*1-13(2)21-15(12-28-31(21)17-9-7-16(24)8-10-17)11-20(32)18-5-4-6-19-22(23(25,26)27)29-14(3)30(18)19/h7-10,12-13,18H,4-6,11H2,1-3H3;4,6-10,12-13,18H,5,11H2,1-3H3.